The van der Waals surface area contributed by atoms with Gasteiger partial charge in [-0.1, -0.05) is 0 Å². The van der Waals surface area contributed by atoms with Gasteiger partial charge >= 0.3 is 0 Å². The molecule has 2 N–H and O–H groups in total. The molecule has 0 saturated heterocycles. The maximum absolute atomic E-state index is 10.9. The highest BCUT2D eigenvalue weighted by atomic mass is 35.5. The summed E-state index contributed by atoms with van der Waals surface area (Å²) in [5.41, 5.74) is 5.33. The van der Waals surface area contributed by atoms with Crippen molar-refractivity contribution < 1.29 is 14.4 Å². The second-order valence-electron chi connectivity index (χ2n) is 3.19. The highest BCUT2D eigenvalue weighted by Gasteiger charge is 2.23. The molecule has 0 amide bonds. The van der Waals surface area contributed by atoms with Gasteiger partial charge in [0.15, 0.2) is 11.5 Å². The van der Waals surface area contributed by atoms with Gasteiger partial charge in [-0.15, -0.1) is 11.6 Å². The summed E-state index contributed by atoms with van der Waals surface area (Å²) in [6.45, 7) is 0.0324. The highest BCUT2D eigenvalue weighted by molar-refractivity contribution is 6.28. The van der Waals surface area contributed by atoms with E-state index in [0.717, 1.165) is 0 Å². The fraction of sp³-hybridized carbons (Fsp3) is 0.222. The van der Waals surface area contributed by atoms with Crippen molar-refractivity contribution >= 4 is 28.8 Å². The zero-order valence-corrected chi connectivity index (χ0v) is 9.31. The third kappa shape index (κ3) is 2.23. The van der Waals surface area contributed by atoms with Crippen LogP contribution in [0.2, 0.25) is 0 Å². The van der Waals surface area contributed by atoms with Gasteiger partial charge in [0.2, 0.25) is 6.79 Å². The van der Waals surface area contributed by atoms with Crippen molar-refractivity contribution in [2.45, 2.75) is 0 Å². The number of hydrogen-bond donors (Lipinski definition) is 1. The van der Waals surface area contributed by atoms with Gasteiger partial charge in [0.25, 0.3) is 5.69 Å². The van der Waals surface area contributed by atoms with Crippen molar-refractivity contribution in [2.75, 3.05) is 12.7 Å². The normalized spacial score (nSPS) is 13.8. The number of nitro benzene ring substituents is 1. The summed E-state index contributed by atoms with van der Waals surface area (Å²) in [5.74, 6) is 0.802. The average molecular weight is 258 g/mol. The first-order chi connectivity index (χ1) is 8.11. The van der Waals surface area contributed by atoms with Crippen molar-refractivity contribution in [3.8, 4) is 11.5 Å². The lowest BCUT2D eigenvalue weighted by Gasteiger charge is -2.01. The number of nitro groups is 1. The minimum atomic E-state index is -0.567. The summed E-state index contributed by atoms with van der Waals surface area (Å²) in [6.07, 6.45) is 0. The van der Waals surface area contributed by atoms with E-state index in [-0.39, 0.29) is 29.9 Å². The van der Waals surface area contributed by atoms with Gasteiger partial charge in [0, 0.05) is 6.07 Å². The van der Waals surface area contributed by atoms with Crippen molar-refractivity contribution in [3.05, 3.63) is 22.2 Å². The maximum atomic E-state index is 10.9. The Labute approximate surface area is 101 Å². The fourth-order valence-electron chi connectivity index (χ4n) is 1.34. The molecule has 0 fully saturated rings. The molecule has 1 aromatic rings. The Morgan fingerprint density at radius 3 is 2.76 bits per heavy atom. The minimum Gasteiger partial charge on any atom is -0.454 e. The molecule has 1 heterocycles. The van der Waals surface area contributed by atoms with E-state index in [1.165, 1.54) is 12.1 Å². The van der Waals surface area contributed by atoms with E-state index in [1.807, 2.05) is 0 Å². The molecule has 0 spiro atoms. The van der Waals surface area contributed by atoms with Crippen LogP contribution in [-0.4, -0.2) is 23.4 Å². The van der Waals surface area contributed by atoms with Crippen LogP contribution >= 0.6 is 11.6 Å². The molecule has 8 heteroatoms. The van der Waals surface area contributed by atoms with Gasteiger partial charge in [0.1, 0.15) is 11.5 Å². The van der Waals surface area contributed by atoms with Crippen molar-refractivity contribution in [1.29, 1.82) is 0 Å². The predicted molar refractivity (Wildman–Crippen MR) is 61.2 cm³/mol. The Bertz CT molecular complexity index is 503. The first-order valence-corrected chi connectivity index (χ1v) is 5.12. The van der Waals surface area contributed by atoms with Crippen LogP contribution < -0.4 is 15.2 Å². The van der Waals surface area contributed by atoms with Gasteiger partial charge in [-0.05, 0) is 0 Å². The zero-order valence-electron chi connectivity index (χ0n) is 8.55. The number of halogens is 1. The Balaban J connectivity index is 2.52. The van der Waals surface area contributed by atoms with E-state index in [0.29, 0.717) is 11.5 Å². The molecular formula is C9H8ClN3O4. The van der Waals surface area contributed by atoms with Crippen LogP contribution in [0.3, 0.4) is 0 Å². The van der Waals surface area contributed by atoms with E-state index in [1.54, 1.807) is 0 Å². The Kier molecular flexibility index (Phi) is 3.01. The molecule has 0 aromatic heterocycles. The number of alkyl halides is 1. The number of ether oxygens (including phenoxy) is 2. The summed E-state index contributed by atoms with van der Waals surface area (Å²) < 4.78 is 10.1. The predicted octanol–water partition coefficient (Wildman–Crippen LogP) is 1.55. The quantitative estimate of drug-likeness (QED) is 0.291. The van der Waals surface area contributed by atoms with Gasteiger partial charge in [-0.25, -0.2) is 4.99 Å². The van der Waals surface area contributed by atoms with Crippen LogP contribution in [0.1, 0.15) is 0 Å². The highest BCUT2D eigenvalue weighted by Crippen LogP contribution is 2.41. The number of nitrogens with zero attached hydrogens (tertiary/aromatic N) is 2. The van der Waals surface area contributed by atoms with Crippen LogP contribution in [0.4, 0.5) is 11.4 Å². The molecule has 0 aliphatic carbocycles. The monoisotopic (exact) mass is 257 g/mol. The van der Waals surface area contributed by atoms with E-state index in [4.69, 9.17) is 26.8 Å². The van der Waals surface area contributed by atoms with Gasteiger partial charge in [0.05, 0.1) is 16.9 Å². The Hall–Kier alpha value is -2.02. The molecule has 0 atom stereocenters. The largest absolute Gasteiger partial charge is 0.454 e. The van der Waals surface area contributed by atoms with Crippen LogP contribution in [0.15, 0.2) is 17.1 Å². The second kappa shape index (κ2) is 4.46. The van der Waals surface area contributed by atoms with Crippen molar-refractivity contribution in [2.24, 2.45) is 10.7 Å². The summed E-state index contributed by atoms with van der Waals surface area (Å²) in [4.78, 5) is 14.2. The molecule has 17 heavy (non-hydrogen) atoms. The number of rotatable bonds is 3. The van der Waals surface area contributed by atoms with Crippen LogP contribution in [0, 0.1) is 10.1 Å². The fourth-order valence-corrected chi connectivity index (χ4v) is 1.40. The van der Waals surface area contributed by atoms with Crippen LogP contribution in [-0.2, 0) is 0 Å². The maximum Gasteiger partial charge on any atom is 0.298 e. The van der Waals surface area contributed by atoms with Crippen LogP contribution in [0.5, 0.6) is 11.5 Å². The Morgan fingerprint density at radius 1 is 1.53 bits per heavy atom. The van der Waals surface area contributed by atoms with Crippen molar-refractivity contribution in [3.63, 3.8) is 0 Å². The molecule has 7 nitrogen and oxygen atoms in total. The van der Waals surface area contributed by atoms with Gasteiger partial charge in [-0.3, -0.25) is 10.1 Å². The smallest absolute Gasteiger partial charge is 0.298 e. The second-order valence-corrected chi connectivity index (χ2v) is 3.46. The summed E-state index contributed by atoms with van der Waals surface area (Å²) >= 11 is 5.47. The average Bonchev–Trinajstić information content (AvgIpc) is 2.74. The topological polar surface area (TPSA) is 100.0 Å². The zero-order chi connectivity index (χ0) is 12.4. The lowest BCUT2D eigenvalue weighted by Crippen LogP contribution is -2.12. The molecule has 1 aromatic carbocycles. The standard InChI is InChI=1S/C9H8ClN3O4/c10-3-9(11)12-5-1-7-8(17-4-16-7)2-6(5)13(14)15/h1-2H,3-4H2,(H2,11,12). The number of nitrogens with two attached hydrogens (primary N) is 1. The molecule has 0 bridgehead atoms. The first kappa shape index (κ1) is 11.5. The van der Waals surface area contributed by atoms with Gasteiger partial charge in [-0.2, -0.15) is 0 Å². The SMILES string of the molecule is NC(CCl)=Nc1cc2c(cc1[N+](=O)[O-])OCO2. The molecule has 0 unspecified atom stereocenters. The molecule has 0 saturated carbocycles. The van der Waals surface area contributed by atoms with Gasteiger partial charge < -0.3 is 15.2 Å². The lowest BCUT2D eigenvalue weighted by molar-refractivity contribution is -0.384. The first-order valence-electron chi connectivity index (χ1n) is 4.59. The number of fused-ring (bicyclic) bond motifs is 1. The van der Waals surface area contributed by atoms with E-state index in [2.05, 4.69) is 4.99 Å². The minimum absolute atomic E-state index is 0.00834. The number of hydrogen-bond acceptors (Lipinski definition) is 5. The third-order valence-electron chi connectivity index (χ3n) is 2.07. The molecule has 1 aliphatic heterocycles. The van der Waals surface area contributed by atoms with E-state index in [9.17, 15) is 10.1 Å². The number of benzene rings is 1. The molecule has 0 radical (unpaired) electrons. The lowest BCUT2D eigenvalue weighted by atomic mass is 10.2. The van der Waals surface area contributed by atoms with E-state index < -0.39 is 4.92 Å². The molecule has 2 rings (SSSR count). The van der Waals surface area contributed by atoms with Crippen molar-refractivity contribution in [1.82, 2.24) is 0 Å². The molecule has 90 valence electrons. The molecule has 1 aliphatic rings. The molecular weight excluding hydrogens is 250 g/mol. The van der Waals surface area contributed by atoms with Crippen LogP contribution in [0.25, 0.3) is 0 Å². The summed E-state index contributed by atoms with van der Waals surface area (Å²) in [5, 5.41) is 10.9. The summed E-state index contributed by atoms with van der Waals surface area (Å²) in [6, 6.07) is 2.66. The summed E-state index contributed by atoms with van der Waals surface area (Å²) in [7, 11) is 0. The Morgan fingerprint density at radius 2 is 2.18 bits per heavy atom. The number of amidine groups is 1. The third-order valence-corrected chi connectivity index (χ3v) is 2.34. The number of aliphatic imine (C=N–C) groups is 1. The van der Waals surface area contributed by atoms with E-state index >= 15 is 0 Å².